The number of nitrogens with one attached hydrogen (secondary N) is 2. The van der Waals surface area contributed by atoms with Gasteiger partial charge in [-0.3, -0.25) is 4.98 Å². The summed E-state index contributed by atoms with van der Waals surface area (Å²) in [5, 5.41) is 4.88. The van der Waals surface area contributed by atoms with E-state index < -0.39 is 0 Å². The highest BCUT2D eigenvalue weighted by Gasteiger charge is 2.42. The zero-order chi connectivity index (χ0) is 19.1. The van der Waals surface area contributed by atoms with Crippen LogP contribution in [0.3, 0.4) is 0 Å². The van der Waals surface area contributed by atoms with Gasteiger partial charge in [-0.25, -0.2) is 0 Å². The van der Waals surface area contributed by atoms with E-state index in [-0.39, 0.29) is 12.1 Å². The number of pyridine rings is 1. The Morgan fingerprint density at radius 1 is 1.11 bits per heavy atom. The predicted octanol–water partition coefficient (Wildman–Crippen LogP) is 5.46. The van der Waals surface area contributed by atoms with Gasteiger partial charge in [0.15, 0.2) is 5.11 Å². The van der Waals surface area contributed by atoms with Crippen LogP contribution in [0, 0.1) is 17.4 Å². The molecule has 0 radical (unpaired) electrons. The van der Waals surface area contributed by atoms with Gasteiger partial charge in [0.2, 0.25) is 0 Å². The topological polar surface area (TPSA) is 44.0 Å². The molecular weight excluding hydrogens is 491 g/mol. The summed E-state index contributed by atoms with van der Waals surface area (Å²) >= 11 is 14.3. The Morgan fingerprint density at radius 3 is 2.44 bits per heavy atom. The minimum absolute atomic E-state index is 0.00887. The molecule has 2 N–H and O–H groups in total. The standard InChI is InChI=1S/C20H18ClIN4S/c1-11-16(17(22)12(2)24-11)19-18(15-5-3-4-10-23-15)25-20(27)26(19)14-8-6-13(21)7-9-14/h3-10,18-19,24H,1-2H3,(H,25,27)/t18-,19+/m0/s1. The van der Waals surface area contributed by atoms with Crippen LogP contribution in [-0.4, -0.2) is 15.1 Å². The first-order valence-corrected chi connectivity index (χ1v) is 10.4. The molecule has 0 amide bonds. The number of nitrogens with zero attached hydrogens (tertiary/aromatic N) is 2. The second kappa shape index (κ2) is 7.41. The van der Waals surface area contributed by atoms with Crippen molar-refractivity contribution in [2.45, 2.75) is 25.9 Å². The van der Waals surface area contributed by atoms with E-state index in [0.29, 0.717) is 10.1 Å². The van der Waals surface area contributed by atoms with E-state index >= 15 is 0 Å². The molecule has 0 saturated carbocycles. The van der Waals surface area contributed by atoms with Crippen LogP contribution in [0.5, 0.6) is 0 Å². The van der Waals surface area contributed by atoms with Crippen LogP contribution in [0.4, 0.5) is 5.69 Å². The van der Waals surface area contributed by atoms with Crippen molar-refractivity contribution in [2.24, 2.45) is 0 Å². The van der Waals surface area contributed by atoms with Gasteiger partial charge >= 0.3 is 0 Å². The van der Waals surface area contributed by atoms with Gasteiger partial charge < -0.3 is 15.2 Å². The molecule has 4 rings (SSSR count). The zero-order valence-corrected chi connectivity index (χ0v) is 18.6. The summed E-state index contributed by atoms with van der Waals surface area (Å²) in [7, 11) is 0. The van der Waals surface area contributed by atoms with Gasteiger partial charge in [0.1, 0.15) is 0 Å². The maximum atomic E-state index is 6.10. The van der Waals surface area contributed by atoms with Gasteiger partial charge in [0, 0.05) is 37.4 Å². The van der Waals surface area contributed by atoms with Crippen molar-refractivity contribution in [2.75, 3.05) is 4.90 Å². The summed E-state index contributed by atoms with van der Waals surface area (Å²) < 4.78 is 1.22. The van der Waals surface area contributed by atoms with Crippen LogP contribution in [0.15, 0.2) is 48.7 Å². The van der Waals surface area contributed by atoms with Crippen molar-refractivity contribution in [3.63, 3.8) is 0 Å². The van der Waals surface area contributed by atoms with Gasteiger partial charge in [0.05, 0.1) is 17.8 Å². The smallest absolute Gasteiger partial charge is 0.174 e. The quantitative estimate of drug-likeness (QED) is 0.364. The average molecular weight is 509 g/mol. The molecule has 0 aliphatic carbocycles. The number of aromatic amines is 1. The first kappa shape index (κ1) is 18.7. The van der Waals surface area contributed by atoms with Gasteiger partial charge in [0.25, 0.3) is 0 Å². The molecule has 3 aromatic rings. The third kappa shape index (κ3) is 3.34. The second-order valence-corrected chi connectivity index (χ2v) is 8.48. The number of thiocarbonyl (C=S) groups is 1. The fourth-order valence-corrected chi connectivity index (χ4v) is 4.98. The SMILES string of the molecule is Cc1[nH]c(C)c([C@@H]2[C@H](c3ccccn3)NC(=S)N2c2ccc(Cl)cc2)c1I. The number of halogens is 2. The largest absolute Gasteiger partial charge is 0.362 e. The predicted molar refractivity (Wildman–Crippen MR) is 122 cm³/mol. The number of hydrogen-bond donors (Lipinski definition) is 2. The number of H-pyrrole nitrogens is 1. The van der Waals surface area contributed by atoms with Crippen molar-refractivity contribution < 1.29 is 0 Å². The van der Waals surface area contributed by atoms with Gasteiger partial charge in [-0.2, -0.15) is 0 Å². The highest BCUT2D eigenvalue weighted by molar-refractivity contribution is 14.1. The Kier molecular flexibility index (Phi) is 5.13. The highest BCUT2D eigenvalue weighted by Crippen LogP contribution is 2.44. The van der Waals surface area contributed by atoms with Crippen molar-refractivity contribution >= 4 is 57.2 Å². The number of benzene rings is 1. The summed E-state index contributed by atoms with van der Waals surface area (Å²) in [6.07, 6.45) is 1.82. The van der Waals surface area contributed by atoms with Crippen LogP contribution in [0.25, 0.3) is 0 Å². The van der Waals surface area contributed by atoms with E-state index in [0.717, 1.165) is 22.8 Å². The molecule has 27 heavy (non-hydrogen) atoms. The molecule has 1 aliphatic heterocycles. The normalized spacial score (nSPS) is 19.4. The number of hydrogen-bond acceptors (Lipinski definition) is 2. The molecule has 1 aliphatic rings. The Hall–Kier alpha value is -1.64. The molecule has 2 aromatic heterocycles. The first-order valence-electron chi connectivity index (χ1n) is 8.58. The monoisotopic (exact) mass is 508 g/mol. The first-order chi connectivity index (χ1) is 13.0. The third-order valence-electron chi connectivity index (χ3n) is 4.84. The van der Waals surface area contributed by atoms with E-state index in [1.54, 1.807) is 0 Å². The summed E-state index contributed by atoms with van der Waals surface area (Å²) in [4.78, 5) is 10.2. The Balaban J connectivity index is 1.89. The molecule has 0 bridgehead atoms. The minimum Gasteiger partial charge on any atom is -0.362 e. The van der Waals surface area contributed by atoms with E-state index in [2.05, 4.69) is 56.6 Å². The van der Waals surface area contributed by atoms with Crippen molar-refractivity contribution in [1.29, 1.82) is 0 Å². The summed E-state index contributed by atoms with van der Waals surface area (Å²) in [5.41, 5.74) is 5.53. The number of rotatable bonds is 3. The summed E-state index contributed by atoms with van der Waals surface area (Å²) in [6.45, 7) is 4.21. The maximum Gasteiger partial charge on any atom is 0.174 e. The number of anilines is 1. The third-order valence-corrected chi connectivity index (χ3v) is 6.80. The van der Waals surface area contributed by atoms with Crippen LogP contribution in [0.1, 0.15) is 34.7 Å². The molecule has 0 unspecified atom stereocenters. The lowest BCUT2D eigenvalue weighted by atomic mass is 9.96. The molecule has 7 heteroatoms. The van der Waals surface area contributed by atoms with Crippen molar-refractivity contribution in [1.82, 2.24) is 15.3 Å². The molecule has 1 saturated heterocycles. The van der Waals surface area contributed by atoms with Crippen LogP contribution < -0.4 is 10.2 Å². The molecule has 1 fully saturated rings. The molecular formula is C20H18ClIN4S. The van der Waals surface area contributed by atoms with E-state index in [9.17, 15) is 0 Å². The number of aromatic nitrogens is 2. The van der Waals surface area contributed by atoms with E-state index in [4.69, 9.17) is 23.8 Å². The summed E-state index contributed by atoms with van der Waals surface area (Å²) in [5.74, 6) is 0. The van der Waals surface area contributed by atoms with Crippen LogP contribution in [-0.2, 0) is 0 Å². The van der Waals surface area contributed by atoms with E-state index in [1.165, 1.54) is 9.13 Å². The van der Waals surface area contributed by atoms with Gasteiger partial charge in [-0.1, -0.05) is 17.7 Å². The molecule has 1 aromatic carbocycles. The Labute approximate surface area is 182 Å². The zero-order valence-electron chi connectivity index (χ0n) is 14.8. The lowest BCUT2D eigenvalue weighted by Crippen LogP contribution is -2.29. The Bertz CT molecular complexity index is 987. The van der Waals surface area contributed by atoms with Gasteiger partial charge in [-0.15, -0.1) is 0 Å². The van der Waals surface area contributed by atoms with Crippen LogP contribution >= 0.6 is 46.4 Å². The highest BCUT2D eigenvalue weighted by atomic mass is 127. The molecule has 2 atom stereocenters. The second-order valence-electron chi connectivity index (χ2n) is 6.58. The Morgan fingerprint density at radius 2 is 1.85 bits per heavy atom. The average Bonchev–Trinajstić information content (AvgIpc) is 3.12. The van der Waals surface area contributed by atoms with Gasteiger partial charge in [-0.05, 0) is 85.1 Å². The lowest BCUT2D eigenvalue weighted by Gasteiger charge is -2.28. The fourth-order valence-electron chi connectivity index (χ4n) is 3.65. The summed E-state index contributed by atoms with van der Waals surface area (Å²) in [6, 6.07) is 13.7. The molecule has 4 nitrogen and oxygen atoms in total. The molecule has 138 valence electrons. The molecule has 0 spiro atoms. The minimum atomic E-state index is -0.0446. The number of aryl methyl sites for hydroxylation is 2. The van der Waals surface area contributed by atoms with E-state index in [1.807, 2.05) is 48.7 Å². The van der Waals surface area contributed by atoms with Crippen molar-refractivity contribution in [3.05, 3.63) is 79.9 Å². The lowest BCUT2D eigenvalue weighted by molar-refractivity contribution is 0.564. The molecule has 3 heterocycles. The maximum absolute atomic E-state index is 6.10. The van der Waals surface area contributed by atoms with Crippen molar-refractivity contribution in [3.8, 4) is 0 Å². The van der Waals surface area contributed by atoms with Crippen LogP contribution in [0.2, 0.25) is 5.02 Å². The fraction of sp³-hybridized carbons (Fsp3) is 0.200.